The van der Waals surface area contributed by atoms with Crippen LogP contribution < -0.4 is 20.1 Å². The predicted molar refractivity (Wildman–Crippen MR) is 108 cm³/mol. The van der Waals surface area contributed by atoms with Crippen molar-refractivity contribution in [3.63, 3.8) is 0 Å². The van der Waals surface area contributed by atoms with E-state index in [0.29, 0.717) is 22.9 Å². The summed E-state index contributed by atoms with van der Waals surface area (Å²) in [5.74, 6) is 2.28. The fourth-order valence-electron chi connectivity index (χ4n) is 3.45. The molecule has 0 unspecified atom stereocenters. The third kappa shape index (κ3) is 3.51. The molecule has 0 saturated heterocycles. The lowest BCUT2D eigenvalue weighted by molar-refractivity contribution is 0.262. The molecular weight excluding hydrogens is 356 g/mol. The highest BCUT2D eigenvalue weighted by atomic mass is 16.5. The maximum atomic E-state index is 12.4. The summed E-state index contributed by atoms with van der Waals surface area (Å²) in [5, 5.41) is 5.68. The van der Waals surface area contributed by atoms with Crippen molar-refractivity contribution in [2.75, 3.05) is 24.9 Å². The first-order chi connectivity index (χ1) is 13.7. The number of hydrogen-bond donors (Lipinski definition) is 2. The lowest BCUT2D eigenvalue weighted by atomic mass is 10.1. The van der Waals surface area contributed by atoms with Gasteiger partial charge < -0.3 is 24.7 Å². The third-order valence-corrected chi connectivity index (χ3v) is 4.78. The minimum Gasteiger partial charge on any atom is -0.493 e. The van der Waals surface area contributed by atoms with Crippen LogP contribution in [-0.4, -0.2) is 29.8 Å². The molecular formula is C21H22N4O3. The summed E-state index contributed by atoms with van der Waals surface area (Å²) in [4.78, 5) is 16.9. The molecule has 1 aliphatic rings. The monoisotopic (exact) mass is 378 g/mol. The molecule has 0 radical (unpaired) electrons. The van der Waals surface area contributed by atoms with E-state index < -0.39 is 0 Å². The van der Waals surface area contributed by atoms with Crippen molar-refractivity contribution in [1.82, 2.24) is 9.55 Å². The van der Waals surface area contributed by atoms with E-state index in [1.165, 1.54) is 0 Å². The number of nitrogens with one attached hydrogen (secondary N) is 2. The highest BCUT2D eigenvalue weighted by Crippen LogP contribution is 2.30. The summed E-state index contributed by atoms with van der Waals surface area (Å²) >= 11 is 0. The first-order valence-electron chi connectivity index (χ1n) is 9.13. The van der Waals surface area contributed by atoms with Gasteiger partial charge in [0.25, 0.3) is 0 Å². The molecule has 0 atom stereocenters. The van der Waals surface area contributed by atoms with Crippen LogP contribution in [0.3, 0.4) is 0 Å². The van der Waals surface area contributed by atoms with E-state index in [9.17, 15) is 4.79 Å². The number of benzene rings is 2. The summed E-state index contributed by atoms with van der Waals surface area (Å²) in [7, 11) is 3.13. The van der Waals surface area contributed by atoms with Gasteiger partial charge in [-0.2, -0.15) is 0 Å². The van der Waals surface area contributed by atoms with Crippen molar-refractivity contribution in [3.8, 4) is 22.8 Å². The van der Waals surface area contributed by atoms with Gasteiger partial charge in [0.15, 0.2) is 11.5 Å². The normalized spacial score (nSPS) is 12.4. The van der Waals surface area contributed by atoms with Gasteiger partial charge in [0.05, 0.1) is 26.1 Å². The number of anilines is 2. The molecule has 7 nitrogen and oxygen atoms in total. The van der Waals surface area contributed by atoms with Crippen molar-refractivity contribution in [2.45, 2.75) is 19.4 Å². The van der Waals surface area contributed by atoms with E-state index >= 15 is 0 Å². The van der Waals surface area contributed by atoms with Gasteiger partial charge in [-0.25, -0.2) is 9.78 Å². The Hall–Kier alpha value is -3.48. The number of carbonyl (C=O) groups excluding carboxylic acids is 1. The zero-order valence-electron chi connectivity index (χ0n) is 15.9. The van der Waals surface area contributed by atoms with E-state index in [1.54, 1.807) is 32.4 Å². The molecule has 1 aromatic heterocycles. The fraction of sp³-hybridized carbons (Fsp3) is 0.238. The molecule has 1 aliphatic heterocycles. The van der Waals surface area contributed by atoms with E-state index in [4.69, 9.17) is 9.47 Å². The third-order valence-electron chi connectivity index (χ3n) is 4.78. The van der Waals surface area contributed by atoms with Gasteiger partial charge >= 0.3 is 6.03 Å². The van der Waals surface area contributed by atoms with E-state index in [0.717, 1.165) is 36.5 Å². The molecule has 0 saturated carbocycles. The van der Waals surface area contributed by atoms with Crippen LogP contribution in [0.5, 0.6) is 11.5 Å². The molecule has 7 heteroatoms. The Balaban J connectivity index is 1.48. The zero-order valence-corrected chi connectivity index (χ0v) is 15.9. The lowest BCUT2D eigenvalue weighted by Crippen LogP contribution is -2.19. The van der Waals surface area contributed by atoms with Gasteiger partial charge in [-0.05, 0) is 30.7 Å². The number of carbonyl (C=O) groups is 1. The first-order valence-corrected chi connectivity index (χ1v) is 9.13. The molecule has 0 fully saturated rings. The smallest absolute Gasteiger partial charge is 0.323 e. The molecule has 2 aromatic carbocycles. The second-order valence-corrected chi connectivity index (χ2v) is 6.54. The number of aryl methyl sites for hydroxylation is 1. The van der Waals surface area contributed by atoms with Crippen molar-refractivity contribution in [3.05, 3.63) is 54.5 Å². The van der Waals surface area contributed by atoms with Crippen LogP contribution in [0.1, 0.15) is 12.2 Å². The van der Waals surface area contributed by atoms with E-state index in [2.05, 4.69) is 20.2 Å². The quantitative estimate of drug-likeness (QED) is 0.699. The second-order valence-electron chi connectivity index (χ2n) is 6.54. The van der Waals surface area contributed by atoms with Crippen molar-refractivity contribution in [1.29, 1.82) is 0 Å². The molecule has 0 spiro atoms. The number of amides is 2. The number of rotatable bonds is 5. The lowest BCUT2D eigenvalue weighted by Gasteiger charge is -2.12. The van der Waals surface area contributed by atoms with Crippen molar-refractivity contribution >= 4 is 17.4 Å². The number of nitrogens with zero attached hydrogens (tertiary/aromatic N) is 2. The SMILES string of the molecule is COc1ccc(NC(=O)Nc2cccc(-c3cnc4n3CCC4)c2)cc1OC. The Morgan fingerprint density at radius 3 is 2.61 bits per heavy atom. The van der Waals surface area contributed by atoms with E-state index in [1.807, 2.05) is 30.5 Å². The number of hydrogen-bond acceptors (Lipinski definition) is 4. The van der Waals surface area contributed by atoms with Crippen LogP contribution in [-0.2, 0) is 13.0 Å². The van der Waals surface area contributed by atoms with Gasteiger partial charge in [0.1, 0.15) is 5.82 Å². The second kappa shape index (κ2) is 7.64. The Labute approximate surface area is 163 Å². The number of ether oxygens (including phenoxy) is 2. The number of imidazole rings is 1. The van der Waals surface area contributed by atoms with Gasteiger partial charge in [-0.3, -0.25) is 0 Å². The van der Waals surface area contributed by atoms with Gasteiger partial charge in [0, 0.05) is 36.0 Å². The van der Waals surface area contributed by atoms with Crippen molar-refractivity contribution < 1.29 is 14.3 Å². The molecule has 0 aliphatic carbocycles. The Bertz CT molecular complexity index is 1010. The zero-order chi connectivity index (χ0) is 19.5. The Kier molecular flexibility index (Phi) is 4.89. The highest BCUT2D eigenvalue weighted by Gasteiger charge is 2.17. The summed E-state index contributed by atoms with van der Waals surface area (Å²) in [6, 6.07) is 12.7. The molecule has 0 bridgehead atoms. The molecule has 4 rings (SSSR count). The standard InChI is InChI=1S/C21H22N4O3/c1-27-18-9-8-16(12-19(18)28-2)24-21(26)23-15-6-3-5-14(11-15)17-13-22-20-7-4-10-25(17)20/h3,5-6,8-9,11-13H,4,7,10H2,1-2H3,(H2,23,24,26). The van der Waals surface area contributed by atoms with Gasteiger partial charge in [-0.15, -0.1) is 0 Å². The average molecular weight is 378 g/mol. The Morgan fingerprint density at radius 2 is 1.82 bits per heavy atom. The van der Waals surface area contributed by atoms with Crippen LogP contribution in [0.2, 0.25) is 0 Å². The number of methoxy groups -OCH3 is 2. The first kappa shape index (κ1) is 17.9. The number of aromatic nitrogens is 2. The molecule has 2 amide bonds. The average Bonchev–Trinajstić information content (AvgIpc) is 3.31. The summed E-state index contributed by atoms with van der Waals surface area (Å²) in [5.41, 5.74) is 3.44. The van der Waals surface area contributed by atoms with E-state index in [-0.39, 0.29) is 6.03 Å². The summed E-state index contributed by atoms with van der Waals surface area (Å²) in [6.07, 6.45) is 4.05. The fourth-order valence-corrected chi connectivity index (χ4v) is 3.45. The van der Waals surface area contributed by atoms with Crippen LogP contribution in [0.15, 0.2) is 48.7 Å². The molecule has 2 heterocycles. The minimum atomic E-state index is -0.331. The predicted octanol–water partition coefficient (Wildman–Crippen LogP) is 4.16. The van der Waals surface area contributed by atoms with Crippen LogP contribution in [0.4, 0.5) is 16.2 Å². The Morgan fingerprint density at radius 1 is 1.04 bits per heavy atom. The van der Waals surface area contributed by atoms with Crippen LogP contribution >= 0.6 is 0 Å². The molecule has 144 valence electrons. The van der Waals surface area contributed by atoms with Gasteiger partial charge in [0.2, 0.25) is 0 Å². The molecule has 2 N–H and O–H groups in total. The largest absolute Gasteiger partial charge is 0.493 e. The minimum absolute atomic E-state index is 0.331. The molecule has 28 heavy (non-hydrogen) atoms. The summed E-state index contributed by atoms with van der Waals surface area (Å²) < 4.78 is 12.7. The van der Waals surface area contributed by atoms with Crippen molar-refractivity contribution in [2.24, 2.45) is 0 Å². The van der Waals surface area contributed by atoms with Crippen LogP contribution in [0, 0.1) is 0 Å². The van der Waals surface area contributed by atoms with Crippen LogP contribution in [0.25, 0.3) is 11.3 Å². The van der Waals surface area contributed by atoms with Gasteiger partial charge in [-0.1, -0.05) is 12.1 Å². The summed E-state index contributed by atoms with van der Waals surface area (Å²) in [6.45, 7) is 0.988. The maximum Gasteiger partial charge on any atom is 0.323 e. The maximum absolute atomic E-state index is 12.4. The number of fused-ring (bicyclic) bond motifs is 1. The number of urea groups is 1. The highest BCUT2D eigenvalue weighted by molar-refractivity contribution is 6.00. The molecule has 3 aromatic rings. The topological polar surface area (TPSA) is 77.4 Å².